The lowest BCUT2D eigenvalue weighted by Crippen LogP contribution is -2.07. The van der Waals surface area contributed by atoms with Gasteiger partial charge in [-0.3, -0.25) is 0 Å². The van der Waals surface area contributed by atoms with E-state index < -0.39 is 0 Å². The molecule has 0 aliphatic rings. The van der Waals surface area contributed by atoms with E-state index in [9.17, 15) is 0 Å². The third-order valence-electron chi connectivity index (χ3n) is 4.11. The van der Waals surface area contributed by atoms with E-state index in [-0.39, 0.29) is 0 Å². The molecule has 3 heterocycles. The number of nitrogens with one attached hydrogen (secondary N) is 1. The monoisotopic (exact) mass is 382 g/mol. The minimum absolute atomic E-state index is 0.785. The molecule has 0 amide bonds. The van der Waals surface area contributed by atoms with Crippen molar-refractivity contribution in [2.45, 2.75) is 13.3 Å². The molecular formula is C19H18N4OS2. The Morgan fingerprint density at radius 2 is 1.92 bits per heavy atom. The fourth-order valence-corrected chi connectivity index (χ4v) is 4.39. The molecule has 0 saturated carbocycles. The number of hydrogen-bond donors (Lipinski definition) is 1. The zero-order valence-corrected chi connectivity index (χ0v) is 16.2. The second-order valence-electron chi connectivity index (χ2n) is 5.81. The fraction of sp³-hybridized carbons (Fsp3) is 0.211. The number of thiophene rings is 1. The van der Waals surface area contributed by atoms with Crippen LogP contribution >= 0.6 is 22.7 Å². The van der Waals surface area contributed by atoms with E-state index in [1.165, 1.54) is 0 Å². The van der Waals surface area contributed by atoms with Crippen molar-refractivity contribution in [3.63, 3.8) is 0 Å². The van der Waals surface area contributed by atoms with Crippen molar-refractivity contribution in [3.8, 4) is 16.9 Å². The van der Waals surface area contributed by atoms with Crippen molar-refractivity contribution < 1.29 is 4.74 Å². The summed E-state index contributed by atoms with van der Waals surface area (Å²) < 4.78 is 5.26. The first-order chi connectivity index (χ1) is 12.7. The summed E-state index contributed by atoms with van der Waals surface area (Å²) in [7, 11) is 1.68. The van der Waals surface area contributed by atoms with E-state index in [4.69, 9.17) is 4.74 Å². The van der Waals surface area contributed by atoms with Gasteiger partial charge < -0.3 is 10.1 Å². The molecule has 0 fully saturated rings. The Labute approximate surface area is 159 Å². The molecule has 3 aromatic heterocycles. The number of aromatic nitrogens is 3. The molecule has 26 heavy (non-hydrogen) atoms. The number of methoxy groups -OCH3 is 1. The summed E-state index contributed by atoms with van der Waals surface area (Å²) in [4.78, 5) is 14.4. The van der Waals surface area contributed by atoms with Crippen LogP contribution in [0.25, 0.3) is 21.3 Å². The summed E-state index contributed by atoms with van der Waals surface area (Å²) in [5, 5.41) is 9.87. The molecule has 132 valence electrons. The number of rotatable bonds is 6. The van der Waals surface area contributed by atoms with E-state index >= 15 is 0 Å². The fourth-order valence-electron chi connectivity index (χ4n) is 2.82. The number of fused-ring (bicyclic) bond motifs is 1. The minimum Gasteiger partial charge on any atom is -0.497 e. The van der Waals surface area contributed by atoms with Crippen molar-refractivity contribution in [2.24, 2.45) is 0 Å². The van der Waals surface area contributed by atoms with E-state index in [1.54, 1.807) is 36.1 Å². The van der Waals surface area contributed by atoms with Gasteiger partial charge in [-0.1, -0.05) is 12.1 Å². The van der Waals surface area contributed by atoms with Crippen LogP contribution in [0.5, 0.6) is 5.75 Å². The summed E-state index contributed by atoms with van der Waals surface area (Å²) in [6.45, 7) is 2.81. The molecule has 5 nitrogen and oxygen atoms in total. The highest BCUT2D eigenvalue weighted by molar-refractivity contribution is 7.17. The predicted octanol–water partition coefficient (Wildman–Crippen LogP) is 4.79. The first-order valence-corrected chi connectivity index (χ1v) is 10.0. The third kappa shape index (κ3) is 3.40. The highest BCUT2D eigenvalue weighted by atomic mass is 32.1. The number of aryl methyl sites for hydroxylation is 1. The first-order valence-electron chi connectivity index (χ1n) is 8.26. The maximum atomic E-state index is 5.26. The Hall–Kier alpha value is -2.51. The molecule has 4 aromatic rings. The number of ether oxygens (including phenoxy) is 1. The molecule has 0 unspecified atom stereocenters. The summed E-state index contributed by atoms with van der Waals surface area (Å²) >= 11 is 3.32. The second-order valence-corrected chi connectivity index (χ2v) is 7.74. The molecule has 0 bridgehead atoms. The highest BCUT2D eigenvalue weighted by Crippen LogP contribution is 2.36. The quantitative estimate of drug-likeness (QED) is 0.520. The van der Waals surface area contributed by atoms with Crippen LogP contribution in [0, 0.1) is 6.92 Å². The van der Waals surface area contributed by atoms with Gasteiger partial charge in [0.2, 0.25) is 0 Å². The van der Waals surface area contributed by atoms with Gasteiger partial charge >= 0.3 is 0 Å². The van der Waals surface area contributed by atoms with Crippen LogP contribution in [0.15, 0.2) is 41.4 Å². The largest absolute Gasteiger partial charge is 0.497 e. The molecule has 4 rings (SSSR count). The number of nitrogens with zero attached hydrogens (tertiary/aromatic N) is 3. The lowest BCUT2D eigenvalue weighted by molar-refractivity contribution is 0.415. The van der Waals surface area contributed by atoms with Crippen LogP contribution in [-0.2, 0) is 6.42 Å². The molecule has 0 aliphatic carbocycles. The van der Waals surface area contributed by atoms with Crippen molar-refractivity contribution in [3.05, 3.63) is 52.1 Å². The normalized spacial score (nSPS) is 11.0. The van der Waals surface area contributed by atoms with Gasteiger partial charge in [-0.05, 0) is 24.6 Å². The predicted molar refractivity (Wildman–Crippen MR) is 108 cm³/mol. The molecule has 0 atom stereocenters. The zero-order valence-electron chi connectivity index (χ0n) is 14.5. The van der Waals surface area contributed by atoms with Crippen molar-refractivity contribution in [2.75, 3.05) is 19.0 Å². The van der Waals surface area contributed by atoms with E-state index in [2.05, 4.69) is 43.2 Å². The van der Waals surface area contributed by atoms with Crippen LogP contribution < -0.4 is 10.1 Å². The topological polar surface area (TPSA) is 59.9 Å². The lowest BCUT2D eigenvalue weighted by Gasteiger charge is -2.08. The highest BCUT2D eigenvalue weighted by Gasteiger charge is 2.13. The van der Waals surface area contributed by atoms with Crippen LogP contribution in [0.2, 0.25) is 0 Å². The van der Waals surface area contributed by atoms with Gasteiger partial charge in [0, 0.05) is 29.3 Å². The van der Waals surface area contributed by atoms with Crippen molar-refractivity contribution in [1.29, 1.82) is 0 Å². The van der Waals surface area contributed by atoms with Crippen molar-refractivity contribution in [1.82, 2.24) is 15.0 Å². The lowest BCUT2D eigenvalue weighted by atomic mass is 10.1. The van der Waals surface area contributed by atoms with E-state index in [0.717, 1.165) is 56.6 Å². The Morgan fingerprint density at radius 1 is 1.08 bits per heavy atom. The summed E-state index contributed by atoms with van der Waals surface area (Å²) in [6.07, 6.45) is 2.49. The number of thiazole rings is 1. The SMILES string of the molecule is COc1ccc(-c2csc3ncnc(NCCc4csc(C)n4)c23)cc1. The average molecular weight is 383 g/mol. The van der Waals surface area contributed by atoms with Crippen LogP contribution in [-0.4, -0.2) is 28.6 Å². The number of benzene rings is 1. The summed E-state index contributed by atoms with van der Waals surface area (Å²) in [5.41, 5.74) is 3.39. The zero-order chi connectivity index (χ0) is 17.9. The molecule has 0 radical (unpaired) electrons. The summed E-state index contributed by atoms with van der Waals surface area (Å²) in [6, 6.07) is 8.07. The minimum atomic E-state index is 0.785. The average Bonchev–Trinajstić information content (AvgIpc) is 3.28. The smallest absolute Gasteiger partial charge is 0.138 e. The van der Waals surface area contributed by atoms with Gasteiger partial charge in [0.1, 0.15) is 22.7 Å². The maximum absolute atomic E-state index is 5.26. The molecule has 0 spiro atoms. The van der Waals surface area contributed by atoms with Gasteiger partial charge in [0.05, 0.1) is 23.2 Å². The first kappa shape index (κ1) is 16.9. The maximum Gasteiger partial charge on any atom is 0.138 e. The van der Waals surface area contributed by atoms with Gasteiger partial charge in [0.15, 0.2) is 0 Å². The van der Waals surface area contributed by atoms with Crippen LogP contribution in [0.4, 0.5) is 5.82 Å². The molecule has 1 N–H and O–H groups in total. The van der Waals surface area contributed by atoms with Gasteiger partial charge in [0.25, 0.3) is 0 Å². The Balaban J connectivity index is 1.61. The van der Waals surface area contributed by atoms with E-state index in [1.807, 2.05) is 19.1 Å². The number of hydrogen-bond acceptors (Lipinski definition) is 7. The van der Waals surface area contributed by atoms with Gasteiger partial charge in [-0.2, -0.15) is 0 Å². The molecule has 1 aromatic carbocycles. The van der Waals surface area contributed by atoms with Crippen molar-refractivity contribution >= 4 is 38.7 Å². The Bertz CT molecular complexity index is 1020. The van der Waals surface area contributed by atoms with Gasteiger partial charge in [-0.15, -0.1) is 22.7 Å². The Kier molecular flexibility index (Phi) is 4.81. The van der Waals surface area contributed by atoms with Gasteiger partial charge in [-0.25, -0.2) is 15.0 Å². The van der Waals surface area contributed by atoms with Crippen LogP contribution in [0.1, 0.15) is 10.7 Å². The molecular weight excluding hydrogens is 364 g/mol. The summed E-state index contributed by atoms with van der Waals surface area (Å²) in [5.74, 6) is 1.72. The third-order valence-corrected chi connectivity index (χ3v) is 5.82. The molecule has 0 aliphatic heterocycles. The molecule has 7 heteroatoms. The standard InChI is InChI=1S/C19H18N4OS2/c1-12-23-14(9-25-12)7-8-20-18-17-16(10-26-19(17)22-11-21-18)13-3-5-15(24-2)6-4-13/h3-6,9-11H,7-8H2,1-2H3,(H,20,21,22). The Morgan fingerprint density at radius 3 is 2.65 bits per heavy atom. The number of anilines is 1. The second kappa shape index (κ2) is 7.39. The van der Waals surface area contributed by atoms with Crippen LogP contribution in [0.3, 0.4) is 0 Å². The van der Waals surface area contributed by atoms with E-state index in [0.29, 0.717) is 0 Å². The molecule has 0 saturated heterocycles.